The molecule has 0 saturated carbocycles. The van der Waals surface area contributed by atoms with Crippen molar-refractivity contribution >= 4 is 34.4 Å². The van der Waals surface area contributed by atoms with Crippen LogP contribution in [0.1, 0.15) is 0 Å². The Morgan fingerprint density at radius 3 is 3.06 bits per heavy atom. The fourth-order valence-electron chi connectivity index (χ4n) is 1.43. The molecular weight excluding hydrogens is 282 g/mol. The summed E-state index contributed by atoms with van der Waals surface area (Å²) in [6.07, 6.45) is 3.52. The monoisotopic (exact) mass is 293 g/mol. The molecule has 0 atom stereocenters. The molecule has 2 rings (SSSR count). The summed E-state index contributed by atoms with van der Waals surface area (Å²) in [6, 6.07) is 5.86. The number of hydrogen-bond donors (Lipinski definition) is 2. The van der Waals surface area contributed by atoms with Crippen LogP contribution in [0.4, 0.5) is 5.69 Å². The highest BCUT2D eigenvalue weighted by Crippen LogP contribution is 2.18. The SMILES string of the molecule is C=c1cccc(Br)/c1=C/Nc1cn[nH]c1OC. The van der Waals surface area contributed by atoms with E-state index >= 15 is 0 Å². The Labute approximate surface area is 107 Å². The van der Waals surface area contributed by atoms with E-state index in [0.29, 0.717) is 5.88 Å². The summed E-state index contributed by atoms with van der Waals surface area (Å²) >= 11 is 3.48. The van der Waals surface area contributed by atoms with E-state index in [0.717, 1.165) is 20.6 Å². The summed E-state index contributed by atoms with van der Waals surface area (Å²) in [5, 5.41) is 11.7. The van der Waals surface area contributed by atoms with Crippen LogP contribution in [0.3, 0.4) is 0 Å². The van der Waals surface area contributed by atoms with Gasteiger partial charge in [0.2, 0.25) is 5.88 Å². The largest absolute Gasteiger partial charge is 0.480 e. The second kappa shape index (κ2) is 5.05. The topological polar surface area (TPSA) is 49.9 Å². The van der Waals surface area contributed by atoms with Crippen molar-refractivity contribution in [1.29, 1.82) is 0 Å². The van der Waals surface area contributed by atoms with Crippen molar-refractivity contribution < 1.29 is 4.74 Å². The first kappa shape index (κ1) is 11.7. The zero-order valence-electron chi connectivity index (χ0n) is 9.33. The highest BCUT2D eigenvalue weighted by molar-refractivity contribution is 9.10. The van der Waals surface area contributed by atoms with Crippen molar-refractivity contribution in [2.45, 2.75) is 0 Å². The number of anilines is 1. The van der Waals surface area contributed by atoms with Crippen molar-refractivity contribution in [1.82, 2.24) is 10.2 Å². The van der Waals surface area contributed by atoms with Gasteiger partial charge in [-0.25, -0.2) is 5.10 Å². The molecule has 2 N–H and O–H groups in total. The number of aromatic nitrogens is 2. The van der Waals surface area contributed by atoms with E-state index in [1.165, 1.54) is 0 Å². The van der Waals surface area contributed by atoms with Gasteiger partial charge in [-0.1, -0.05) is 34.6 Å². The zero-order valence-corrected chi connectivity index (χ0v) is 10.9. The molecular formula is C12H12BrN3O. The number of halogens is 1. The van der Waals surface area contributed by atoms with Crippen molar-refractivity contribution in [2.75, 3.05) is 12.4 Å². The smallest absolute Gasteiger partial charge is 0.233 e. The van der Waals surface area contributed by atoms with Crippen LogP contribution in [-0.4, -0.2) is 17.3 Å². The summed E-state index contributed by atoms with van der Waals surface area (Å²) in [5.74, 6) is 0.596. The van der Waals surface area contributed by atoms with Gasteiger partial charge in [0.1, 0.15) is 5.69 Å². The van der Waals surface area contributed by atoms with E-state index in [1.54, 1.807) is 13.3 Å². The molecule has 0 aliphatic rings. The highest BCUT2D eigenvalue weighted by Gasteiger charge is 2.01. The van der Waals surface area contributed by atoms with Gasteiger partial charge < -0.3 is 10.1 Å². The first-order valence-corrected chi connectivity index (χ1v) is 5.79. The van der Waals surface area contributed by atoms with Gasteiger partial charge in [-0.15, -0.1) is 0 Å². The van der Waals surface area contributed by atoms with Gasteiger partial charge >= 0.3 is 0 Å². The average molecular weight is 294 g/mol. The normalized spacial score (nSPS) is 11.5. The van der Waals surface area contributed by atoms with Crippen molar-refractivity contribution in [3.05, 3.63) is 39.3 Å². The lowest BCUT2D eigenvalue weighted by Crippen LogP contribution is -2.25. The molecule has 0 saturated heterocycles. The van der Waals surface area contributed by atoms with Crippen LogP contribution in [-0.2, 0) is 0 Å². The van der Waals surface area contributed by atoms with Crippen molar-refractivity contribution in [2.24, 2.45) is 0 Å². The number of benzene rings is 1. The molecule has 88 valence electrons. The minimum Gasteiger partial charge on any atom is -0.480 e. The molecule has 0 unspecified atom stereocenters. The Morgan fingerprint density at radius 1 is 1.53 bits per heavy atom. The summed E-state index contributed by atoms with van der Waals surface area (Å²) in [6.45, 7) is 3.97. The highest BCUT2D eigenvalue weighted by atomic mass is 79.9. The number of nitrogens with zero attached hydrogens (tertiary/aromatic N) is 1. The molecule has 4 nitrogen and oxygen atoms in total. The molecule has 0 aliphatic carbocycles. The van der Waals surface area contributed by atoms with Crippen molar-refractivity contribution in [3.63, 3.8) is 0 Å². The fraction of sp³-hybridized carbons (Fsp3) is 0.0833. The fourth-order valence-corrected chi connectivity index (χ4v) is 1.95. The third-order valence-corrected chi connectivity index (χ3v) is 3.02. The van der Waals surface area contributed by atoms with E-state index in [9.17, 15) is 0 Å². The van der Waals surface area contributed by atoms with Gasteiger partial charge in [0, 0.05) is 15.9 Å². The molecule has 0 spiro atoms. The average Bonchev–Trinajstić information content (AvgIpc) is 2.76. The van der Waals surface area contributed by atoms with Crippen LogP contribution < -0.4 is 20.5 Å². The predicted molar refractivity (Wildman–Crippen MR) is 72.1 cm³/mol. The minimum atomic E-state index is 0.596. The van der Waals surface area contributed by atoms with Gasteiger partial charge in [-0.2, -0.15) is 5.10 Å². The van der Waals surface area contributed by atoms with Crippen LogP contribution in [0, 0.1) is 0 Å². The van der Waals surface area contributed by atoms with Crippen LogP contribution in [0.25, 0.3) is 12.8 Å². The minimum absolute atomic E-state index is 0.596. The Morgan fingerprint density at radius 2 is 2.35 bits per heavy atom. The lowest BCUT2D eigenvalue weighted by atomic mass is 10.2. The number of methoxy groups -OCH3 is 1. The zero-order chi connectivity index (χ0) is 12.3. The first-order valence-electron chi connectivity index (χ1n) is 5.00. The Hall–Kier alpha value is -1.75. The number of nitrogens with one attached hydrogen (secondary N) is 2. The lowest BCUT2D eigenvalue weighted by Gasteiger charge is -2.01. The molecule has 0 amide bonds. The van der Waals surface area contributed by atoms with Gasteiger partial charge in [-0.3, -0.25) is 0 Å². The van der Waals surface area contributed by atoms with Crippen LogP contribution in [0.2, 0.25) is 0 Å². The van der Waals surface area contributed by atoms with Crippen LogP contribution in [0.5, 0.6) is 5.88 Å². The third-order valence-electron chi connectivity index (χ3n) is 2.32. The van der Waals surface area contributed by atoms with Gasteiger partial charge in [0.05, 0.1) is 13.3 Å². The molecule has 17 heavy (non-hydrogen) atoms. The van der Waals surface area contributed by atoms with Crippen LogP contribution in [0.15, 0.2) is 28.9 Å². The Bertz CT molecular complexity index is 621. The quantitative estimate of drug-likeness (QED) is 0.900. The van der Waals surface area contributed by atoms with Crippen LogP contribution >= 0.6 is 15.9 Å². The maximum atomic E-state index is 5.11. The molecule has 1 aromatic heterocycles. The Kier molecular flexibility index (Phi) is 3.49. The molecule has 0 radical (unpaired) electrons. The van der Waals surface area contributed by atoms with E-state index in [1.807, 2.05) is 24.4 Å². The molecule has 1 aromatic carbocycles. The molecule has 2 aromatic rings. The van der Waals surface area contributed by atoms with E-state index in [2.05, 4.69) is 38.0 Å². The van der Waals surface area contributed by atoms with E-state index in [-0.39, 0.29) is 0 Å². The molecule has 5 heteroatoms. The van der Waals surface area contributed by atoms with E-state index in [4.69, 9.17) is 4.74 Å². The number of ether oxygens (including phenoxy) is 1. The van der Waals surface area contributed by atoms with Gasteiger partial charge in [0.25, 0.3) is 0 Å². The molecule has 0 bridgehead atoms. The number of rotatable bonds is 3. The molecule has 0 fully saturated rings. The summed E-state index contributed by atoms with van der Waals surface area (Å²) < 4.78 is 6.09. The number of H-pyrrole nitrogens is 1. The Balaban J connectivity index is 2.36. The number of hydrogen-bond acceptors (Lipinski definition) is 3. The second-order valence-electron chi connectivity index (χ2n) is 3.42. The van der Waals surface area contributed by atoms with Gasteiger partial charge in [0.15, 0.2) is 0 Å². The predicted octanol–water partition coefficient (Wildman–Crippen LogP) is 1.44. The summed E-state index contributed by atoms with van der Waals surface area (Å²) in [5.41, 5.74) is 0.780. The first-order chi connectivity index (χ1) is 8.22. The third kappa shape index (κ3) is 2.50. The van der Waals surface area contributed by atoms with Gasteiger partial charge in [-0.05, 0) is 11.3 Å². The standard InChI is InChI=1S/C12H12BrN3O/c1-8-4-3-5-10(13)9(8)6-14-11-7-15-16-12(11)17-2/h3-7,14H,1H2,2H3,(H,15,16)/b9-6+. The maximum absolute atomic E-state index is 5.11. The summed E-state index contributed by atoms with van der Waals surface area (Å²) in [7, 11) is 1.59. The maximum Gasteiger partial charge on any atom is 0.233 e. The summed E-state index contributed by atoms with van der Waals surface area (Å²) in [4.78, 5) is 0. The number of aromatic amines is 1. The lowest BCUT2D eigenvalue weighted by molar-refractivity contribution is 0.399. The van der Waals surface area contributed by atoms with Crippen molar-refractivity contribution in [3.8, 4) is 5.88 Å². The molecule has 1 heterocycles. The van der Waals surface area contributed by atoms with E-state index < -0.39 is 0 Å². The molecule has 0 aliphatic heterocycles. The second-order valence-corrected chi connectivity index (χ2v) is 4.27.